The number of carbonyl (C=O) groups is 2. The molecule has 1 amide bonds. The Morgan fingerprint density at radius 3 is 2.79 bits per heavy atom. The van der Waals surface area contributed by atoms with Crippen LogP contribution in [0.2, 0.25) is 0 Å². The van der Waals surface area contributed by atoms with Gasteiger partial charge >= 0.3 is 5.97 Å². The number of carboxylic acids is 1. The minimum Gasteiger partial charge on any atom is -0.481 e. The number of nitrogens with one attached hydrogen (secondary N) is 1. The van der Waals surface area contributed by atoms with Crippen molar-refractivity contribution in [3.05, 3.63) is 36.0 Å². The van der Waals surface area contributed by atoms with Gasteiger partial charge in [0, 0.05) is 35.8 Å². The van der Waals surface area contributed by atoms with E-state index >= 15 is 0 Å². The summed E-state index contributed by atoms with van der Waals surface area (Å²) in [5, 5.41) is 9.57. The van der Waals surface area contributed by atoms with Crippen molar-refractivity contribution < 1.29 is 14.7 Å². The van der Waals surface area contributed by atoms with E-state index < -0.39 is 5.97 Å². The second-order valence-electron chi connectivity index (χ2n) is 4.27. The van der Waals surface area contributed by atoms with Crippen LogP contribution in [0.25, 0.3) is 10.9 Å². The van der Waals surface area contributed by atoms with Crippen LogP contribution in [0.3, 0.4) is 0 Å². The Labute approximate surface area is 110 Å². The van der Waals surface area contributed by atoms with Crippen molar-refractivity contribution in [3.8, 4) is 0 Å². The smallest absolute Gasteiger partial charge is 0.305 e. The van der Waals surface area contributed by atoms with Crippen LogP contribution in [0.15, 0.2) is 30.5 Å². The Kier molecular flexibility index (Phi) is 3.85. The maximum absolute atomic E-state index is 12.4. The zero-order valence-electron chi connectivity index (χ0n) is 10.7. The molecule has 0 aliphatic heterocycles. The maximum Gasteiger partial charge on any atom is 0.305 e. The molecule has 0 bridgehead atoms. The highest BCUT2D eigenvalue weighted by Crippen LogP contribution is 2.19. The van der Waals surface area contributed by atoms with Gasteiger partial charge in [-0.1, -0.05) is 6.07 Å². The minimum absolute atomic E-state index is 0.0390. The van der Waals surface area contributed by atoms with Crippen molar-refractivity contribution in [1.29, 1.82) is 0 Å². The zero-order valence-corrected chi connectivity index (χ0v) is 10.7. The molecule has 0 aliphatic rings. The zero-order chi connectivity index (χ0) is 13.8. The molecule has 0 radical (unpaired) electrons. The third-order valence-electron chi connectivity index (χ3n) is 3.09. The van der Waals surface area contributed by atoms with Gasteiger partial charge in [-0.2, -0.15) is 0 Å². The molecular formula is C14H16N2O3. The first-order valence-electron chi connectivity index (χ1n) is 6.20. The van der Waals surface area contributed by atoms with Crippen molar-refractivity contribution in [2.45, 2.75) is 13.3 Å². The highest BCUT2D eigenvalue weighted by molar-refractivity contribution is 6.06. The number of carboxylic acid groups (broad SMARTS) is 1. The van der Waals surface area contributed by atoms with Crippen LogP contribution in [-0.4, -0.2) is 40.0 Å². The summed E-state index contributed by atoms with van der Waals surface area (Å²) < 4.78 is 0. The second-order valence-corrected chi connectivity index (χ2v) is 4.27. The van der Waals surface area contributed by atoms with Crippen LogP contribution in [0.4, 0.5) is 0 Å². The van der Waals surface area contributed by atoms with Gasteiger partial charge in [-0.3, -0.25) is 9.59 Å². The molecule has 1 heterocycles. The van der Waals surface area contributed by atoms with Gasteiger partial charge in [0.05, 0.1) is 6.42 Å². The van der Waals surface area contributed by atoms with E-state index in [1.165, 1.54) is 0 Å². The Morgan fingerprint density at radius 1 is 1.32 bits per heavy atom. The van der Waals surface area contributed by atoms with E-state index in [1.54, 1.807) is 17.2 Å². The van der Waals surface area contributed by atoms with Gasteiger partial charge in [0.25, 0.3) is 5.91 Å². The van der Waals surface area contributed by atoms with Crippen LogP contribution >= 0.6 is 0 Å². The van der Waals surface area contributed by atoms with Crippen molar-refractivity contribution in [3.63, 3.8) is 0 Å². The topological polar surface area (TPSA) is 73.4 Å². The number of H-pyrrole nitrogens is 1. The molecule has 2 N–H and O–H groups in total. The number of fused-ring (bicyclic) bond motifs is 1. The summed E-state index contributed by atoms with van der Waals surface area (Å²) in [5.41, 5.74) is 1.51. The molecule has 0 aliphatic carbocycles. The van der Waals surface area contributed by atoms with Crippen molar-refractivity contribution >= 4 is 22.8 Å². The lowest BCUT2D eigenvalue weighted by molar-refractivity contribution is -0.137. The first-order chi connectivity index (χ1) is 9.13. The van der Waals surface area contributed by atoms with E-state index in [9.17, 15) is 9.59 Å². The van der Waals surface area contributed by atoms with Gasteiger partial charge in [0.1, 0.15) is 0 Å². The number of aliphatic carboxylic acids is 1. The first-order valence-corrected chi connectivity index (χ1v) is 6.20. The lowest BCUT2D eigenvalue weighted by atomic mass is 10.1. The molecule has 0 saturated carbocycles. The van der Waals surface area contributed by atoms with Gasteiger partial charge in [-0.25, -0.2) is 0 Å². The Bertz CT molecular complexity index is 604. The fraction of sp³-hybridized carbons (Fsp3) is 0.286. The average Bonchev–Trinajstić information content (AvgIpc) is 2.86. The summed E-state index contributed by atoms with van der Waals surface area (Å²) in [7, 11) is 0. The van der Waals surface area contributed by atoms with Gasteiger partial charge in [-0.05, 0) is 25.1 Å². The fourth-order valence-corrected chi connectivity index (χ4v) is 2.08. The number of nitrogens with zero attached hydrogens (tertiary/aromatic N) is 1. The standard InChI is InChI=1S/C14H16N2O3/c1-2-16(9-7-13(17)18)14(19)11-4-3-5-12-10(11)6-8-15-12/h3-6,8,15H,2,7,9H2,1H3,(H,17,18). The molecule has 5 nitrogen and oxygen atoms in total. The van der Waals surface area contributed by atoms with E-state index in [-0.39, 0.29) is 18.9 Å². The summed E-state index contributed by atoms with van der Waals surface area (Å²) in [6.45, 7) is 2.56. The number of hydrogen-bond donors (Lipinski definition) is 2. The Balaban J connectivity index is 2.26. The van der Waals surface area contributed by atoms with Gasteiger partial charge in [0.15, 0.2) is 0 Å². The molecule has 100 valence electrons. The maximum atomic E-state index is 12.4. The molecule has 0 spiro atoms. The van der Waals surface area contributed by atoms with Gasteiger partial charge in [-0.15, -0.1) is 0 Å². The number of aromatic nitrogens is 1. The largest absolute Gasteiger partial charge is 0.481 e. The summed E-state index contributed by atoms with van der Waals surface area (Å²) >= 11 is 0. The number of aromatic amines is 1. The van der Waals surface area contributed by atoms with Crippen molar-refractivity contribution in [1.82, 2.24) is 9.88 Å². The van der Waals surface area contributed by atoms with Crippen LogP contribution in [0.5, 0.6) is 0 Å². The molecular weight excluding hydrogens is 244 g/mol. The van der Waals surface area contributed by atoms with Crippen LogP contribution in [-0.2, 0) is 4.79 Å². The quantitative estimate of drug-likeness (QED) is 0.864. The molecule has 0 fully saturated rings. The summed E-state index contributed by atoms with van der Waals surface area (Å²) in [6.07, 6.45) is 1.75. The molecule has 1 aromatic carbocycles. The van der Waals surface area contributed by atoms with Crippen molar-refractivity contribution in [2.24, 2.45) is 0 Å². The summed E-state index contributed by atoms with van der Waals surface area (Å²) in [5.74, 6) is -1.03. The SMILES string of the molecule is CCN(CCC(=O)O)C(=O)c1cccc2[nH]ccc12. The Hall–Kier alpha value is -2.30. The number of hydrogen-bond acceptors (Lipinski definition) is 2. The van der Waals surface area contributed by atoms with E-state index in [0.29, 0.717) is 12.1 Å². The lowest BCUT2D eigenvalue weighted by Crippen LogP contribution is -2.32. The molecule has 0 atom stereocenters. The molecule has 2 rings (SSSR count). The molecule has 5 heteroatoms. The average molecular weight is 260 g/mol. The number of rotatable bonds is 5. The summed E-state index contributed by atoms with van der Waals surface area (Å²) in [4.78, 5) is 27.6. The van der Waals surface area contributed by atoms with Crippen molar-refractivity contribution in [2.75, 3.05) is 13.1 Å². The minimum atomic E-state index is -0.897. The molecule has 0 saturated heterocycles. The van der Waals surface area contributed by atoms with Crippen LogP contribution < -0.4 is 0 Å². The highest BCUT2D eigenvalue weighted by Gasteiger charge is 2.17. The van der Waals surface area contributed by atoms with E-state index in [2.05, 4.69) is 4.98 Å². The number of carbonyl (C=O) groups excluding carboxylic acids is 1. The highest BCUT2D eigenvalue weighted by atomic mass is 16.4. The monoisotopic (exact) mass is 260 g/mol. The van der Waals surface area contributed by atoms with E-state index in [4.69, 9.17) is 5.11 Å². The molecule has 2 aromatic rings. The second kappa shape index (κ2) is 5.56. The van der Waals surface area contributed by atoms with Crippen LogP contribution in [0.1, 0.15) is 23.7 Å². The van der Waals surface area contributed by atoms with Gasteiger partial charge < -0.3 is 15.0 Å². The number of amides is 1. The van der Waals surface area contributed by atoms with Gasteiger partial charge in [0.2, 0.25) is 0 Å². The lowest BCUT2D eigenvalue weighted by Gasteiger charge is -2.20. The number of benzene rings is 1. The molecule has 19 heavy (non-hydrogen) atoms. The predicted octanol–water partition coefficient (Wildman–Crippen LogP) is 2.10. The van der Waals surface area contributed by atoms with E-state index in [1.807, 2.05) is 25.1 Å². The van der Waals surface area contributed by atoms with Crippen LogP contribution in [0, 0.1) is 0 Å². The normalized spacial score (nSPS) is 10.6. The third kappa shape index (κ3) is 2.76. The molecule has 1 aromatic heterocycles. The predicted molar refractivity (Wildman–Crippen MR) is 72.1 cm³/mol. The molecule has 0 unspecified atom stereocenters. The summed E-state index contributed by atoms with van der Waals surface area (Å²) in [6, 6.07) is 7.34. The fourth-order valence-electron chi connectivity index (χ4n) is 2.08. The first kappa shape index (κ1) is 13.1. The van der Waals surface area contributed by atoms with E-state index in [0.717, 1.165) is 10.9 Å². The Morgan fingerprint density at radius 2 is 2.11 bits per heavy atom. The third-order valence-corrected chi connectivity index (χ3v) is 3.09.